The number of aryl methyl sites for hydroxylation is 1. The van der Waals surface area contributed by atoms with Crippen LogP contribution in [0.1, 0.15) is 49.6 Å². The SMILES string of the molecule is O=C(CCc1nc(-c2ccc(Cl)cc2)no1)N[C@H](c1ccc(F)cc1)C1CCCC1. The van der Waals surface area contributed by atoms with Crippen LogP contribution in [0, 0.1) is 11.7 Å². The lowest BCUT2D eigenvalue weighted by molar-refractivity contribution is -0.122. The molecule has 0 bridgehead atoms. The van der Waals surface area contributed by atoms with Crippen LogP contribution >= 0.6 is 11.6 Å². The van der Waals surface area contributed by atoms with E-state index in [9.17, 15) is 9.18 Å². The normalized spacial score (nSPS) is 15.3. The van der Waals surface area contributed by atoms with Gasteiger partial charge in [0.15, 0.2) is 0 Å². The Bertz CT molecular complexity index is 982. The molecule has 1 aliphatic carbocycles. The number of carbonyl (C=O) groups is 1. The van der Waals surface area contributed by atoms with Crippen molar-refractivity contribution in [3.63, 3.8) is 0 Å². The molecule has 0 spiro atoms. The second-order valence-corrected chi connectivity index (χ2v) is 8.10. The zero-order valence-corrected chi connectivity index (χ0v) is 17.2. The Morgan fingerprint density at radius 3 is 2.53 bits per heavy atom. The van der Waals surface area contributed by atoms with E-state index in [2.05, 4.69) is 15.5 Å². The number of carbonyl (C=O) groups excluding carboxylic acids is 1. The number of amides is 1. The third-order valence-electron chi connectivity index (χ3n) is 5.55. The van der Waals surface area contributed by atoms with Gasteiger partial charge in [-0.2, -0.15) is 4.98 Å². The number of rotatable bonds is 7. The van der Waals surface area contributed by atoms with Gasteiger partial charge in [0, 0.05) is 23.4 Å². The predicted octanol–water partition coefficient (Wildman–Crippen LogP) is 5.51. The number of nitrogens with one attached hydrogen (secondary N) is 1. The van der Waals surface area contributed by atoms with Crippen molar-refractivity contribution in [1.29, 1.82) is 0 Å². The summed E-state index contributed by atoms with van der Waals surface area (Å²) in [6.45, 7) is 0. The lowest BCUT2D eigenvalue weighted by Gasteiger charge is -2.25. The van der Waals surface area contributed by atoms with Crippen LogP contribution in [0.3, 0.4) is 0 Å². The summed E-state index contributed by atoms with van der Waals surface area (Å²) in [5, 5.41) is 7.76. The smallest absolute Gasteiger partial charge is 0.227 e. The van der Waals surface area contributed by atoms with E-state index in [0.29, 0.717) is 29.1 Å². The molecule has 30 heavy (non-hydrogen) atoms. The van der Waals surface area contributed by atoms with Crippen LogP contribution in [0.5, 0.6) is 0 Å². The van der Waals surface area contributed by atoms with Crippen LogP contribution < -0.4 is 5.32 Å². The molecular weight excluding hydrogens is 405 g/mol. The second kappa shape index (κ2) is 9.39. The fourth-order valence-electron chi connectivity index (χ4n) is 3.97. The maximum Gasteiger partial charge on any atom is 0.227 e. The molecule has 4 rings (SSSR count). The third kappa shape index (κ3) is 5.05. The predicted molar refractivity (Wildman–Crippen MR) is 112 cm³/mol. The molecule has 0 unspecified atom stereocenters. The zero-order chi connectivity index (χ0) is 20.9. The average molecular weight is 428 g/mol. The van der Waals surface area contributed by atoms with Crippen molar-refractivity contribution in [2.45, 2.75) is 44.6 Å². The highest BCUT2D eigenvalue weighted by molar-refractivity contribution is 6.30. The van der Waals surface area contributed by atoms with Crippen LogP contribution in [-0.4, -0.2) is 16.0 Å². The van der Waals surface area contributed by atoms with Gasteiger partial charge >= 0.3 is 0 Å². The Morgan fingerprint density at radius 1 is 1.13 bits per heavy atom. The Kier molecular flexibility index (Phi) is 6.43. The minimum atomic E-state index is -0.275. The van der Waals surface area contributed by atoms with Crippen LogP contribution in [-0.2, 0) is 11.2 Å². The average Bonchev–Trinajstić information content (AvgIpc) is 3.44. The molecule has 1 aromatic heterocycles. The van der Waals surface area contributed by atoms with E-state index < -0.39 is 0 Å². The first-order valence-corrected chi connectivity index (χ1v) is 10.6. The van der Waals surface area contributed by atoms with Crippen molar-refractivity contribution in [3.8, 4) is 11.4 Å². The molecule has 0 aliphatic heterocycles. The van der Waals surface area contributed by atoms with Gasteiger partial charge in [-0.05, 0) is 60.7 Å². The van der Waals surface area contributed by atoms with E-state index in [1.807, 2.05) is 12.1 Å². The second-order valence-electron chi connectivity index (χ2n) is 7.66. The summed E-state index contributed by atoms with van der Waals surface area (Å²) in [6.07, 6.45) is 5.05. The quantitative estimate of drug-likeness (QED) is 0.539. The minimum Gasteiger partial charge on any atom is -0.349 e. The fourth-order valence-corrected chi connectivity index (χ4v) is 4.10. The first-order valence-electron chi connectivity index (χ1n) is 10.2. The van der Waals surface area contributed by atoms with E-state index in [1.165, 1.54) is 12.1 Å². The number of halogens is 2. The molecule has 1 aliphatic rings. The summed E-state index contributed by atoms with van der Waals surface area (Å²) >= 11 is 5.90. The highest BCUT2D eigenvalue weighted by Gasteiger charge is 2.27. The molecule has 1 N–H and O–H groups in total. The number of nitrogens with zero attached hydrogens (tertiary/aromatic N) is 2. The summed E-state index contributed by atoms with van der Waals surface area (Å²) in [4.78, 5) is 17.0. The number of benzene rings is 2. The molecule has 156 valence electrons. The molecule has 1 fully saturated rings. The monoisotopic (exact) mass is 427 g/mol. The molecule has 0 radical (unpaired) electrons. The highest BCUT2D eigenvalue weighted by atomic mass is 35.5. The summed E-state index contributed by atoms with van der Waals surface area (Å²) in [5.41, 5.74) is 1.75. The van der Waals surface area contributed by atoms with Gasteiger partial charge in [0.2, 0.25) is 17.6 Å². The zero-order valence-electron chi connectivity index (χ0n) is 16.5. The number of hydrogen-bond acceptors (Lipinski definition) is 4. The van der Waals surface area contributed by atoms with Crippen LogP contribution in [0.15, 0.2) is 53.1 Å². The van der Waals surface area contributed by atoms with E-state index >= 15 is 0 Å². The van der Waals surface area contributed by atoms with Crippen molar-refractivity contribution in [3.05, 3.63) is 70.8 Å². The summed E-state index contributed by atoms with van der Waals surface area (Å²) in [6, 6.07) is 13.5. The van der Waals surface area contributed by atoms with Gasteiger partial charge in [-0.15, -0.1) is 0 Å². The standard InChI is InChI=1S/C23H23ClFN3O2/c24-18-9-5-17(6-10-18)23-27-21(30-28-23)14-13-20(29)26-22(15-3-1-2-4-15)16-7-11-19(25)12-8-16/h5-12,15,22H,1-4,13-14H2,(H,26,29)/t22-/m0/s1. The molecule has 0 saturated heterocycles. The lowest BCUT2D eigenvalue weighted by atomic mass is 9.91. The number of hydrogen-bond donors (Lipinski definition) is 1. The molecule has 1 atom stereocenters. The fraction of sp³-hybridized carbons (Fsp3) is 0.348. The van der Waals surface area contributed by atoms with E-state index in [4.69, 9.17) is 16.1 Å². The van der Waals surface area contributed by atoms with Gasteiger partial charge < -0.3 is 9.84 Å². The topological polar surface area (TPSA) is 68.0 Å². The Labute approximate surface area is 179 Å². The highest BCUT2D eigenvalue weighted by Crippen LogP contribution is 2.36. The van der Waals surface area contributed by atoms with Crippen molar-refractivity contribution in [2.24, 2.45) is 5.92 Å². The van der Waals surface area contributed by atoms with Gasteiger partial charge in [0.1, 0.15) is 5.82 Å². The van der Waals surface area contributed by atoms with Gasteiger partial charge in [0.05, 0.1) is 6.04 Å². The van der Waals surface area contributed by atoms with Gasteiger partial charge in [-0.25, -0.2) is 4.39 Å². The van der Waals surface area contributed by atoms with Crippen LogP contribution in [0.25, 0.3) is 11.4 Å². The van der Waals surface area contributed by atoms with Crippen LogP contribution in [0.4, 0.5) is 4.39 Å². The van der Waals surface area contributed by atoms with Gasteiger partial charge in [-0.1, -0.05) is 41.7 Å². The van der Waals surface area contributed by atoms with Crippen LogP contribution in [0.2, 0.25) is 5.02 Å². The van der Waals surface area contributed by atoms with Crippen molar-refractivity contribution < 1.29 is 13.7 Å². The lowest BCUT2D eigenvalue weighted by Crippen LogP contribution is -2.32. The third-order valence-corrected chi connectivity index (χ3v) is 5.81. The summed E-state index contributed by atoms with van der Waals surface area (Å²) in [7, 11) is 0. The molecule has 5 nitrogen and oxygen atoms in total. The van der Waals surface area contributed by atoms with Crippen molar-refractivity contribution in [1.82, 2.24) is 15.5 Å². The molecule has 7 heteroatoms. The molecule has 1 saturated carbocycles. The minimum absolute atomic E-state index is 0.0810. The van der Waals surface area contributed by atoms with Crippen molar-refractivity contribution >= 4 is 17.5 Å². The molecule has 1 heterocycles. The Hall–Kier alpha value is -2.73. The maximum absolute atomic E-state index is 13.3. The largest absolute Gasteiger partial charge is 0.349 e. The van der Waals surface area contributed by atoms with E-state index in [-0.39, 0.29) is 24.2 Å². The van der Waals surface area contributed by atoms with Gasteiger partial charge in [0.25, 0.3) is 0 Å². The van der Waals surface area contributed by atoms with E-state index in [1.54, 1.807) is 24.3 Å². The van der Waals surface area contributed by atoms with Gasteiger partial charge in [-0.3, -0.25) is 4.79 Å². The van der Waals surface area contributed by atoms with Crippen molar-refractivity contribution in [2.75, 3.05) is 0 Å². The van der Waals surface area contributed by atoms with E-state index in [0.717, 1.165) is 36.8 Å². The Morgan fingerprint density at radius 2 is 1.83 bits per heavy atom. The maximum atomic E-state index is 13.3. The number of aromatic nitrogens is 2. The molecule has 2 aromatic carbocycles. The first-order chi connectivity index (χ1) is 14.6. The summed E-state index contributed by atoms with van der Waals surface area (Å²) < 4.78 is 18.6. The molecular formula is C23H23ClFN3O2. The molecule has 3 aromatic rings. The molecule has 1 amide bonds. The summed E-state index contributed by atoms with van der Waals surface area (Å²) in [5.74, 6) is 0.899. The first kappa shape index (κ1) is 20.5. The Balaban J connectivity index is 1.38.